The number of carboxylic acids is 1. The maximum absolute atomic E-state index is 13.0. The highest BCUT2D eigenvalue weighted by Crippen LogP contribution is 2.17. The lowest BCUT2D eigenvalue weighted by Crippen LogP contribution is -2.13. The van der Waals surface area contributed by atoms with Crippen molar-refractivity contribution in [3.63, 3.8) is 0 Å². The highest BCUT2D eigenvalue weighted by atomic mass is 79.9. The van der Waals surface area contributed by atoms with Crippen molar-refractivity contribution < 1.29 is 14.3 Å². The lowest BCUT2D eigenvalue weighted by Gasteiger charge is -2.06. The Bertz CT molecular complexity index is 650. The van der Waals surface area contributed by atoms with Gasteiger partial charge in [-0.15, -0.1) is 0 Å². The fraction of sp³-hybridized carbons (Fsp3) is 0. The summed E-state index contributed by atoms with van der Waals surface area (Å²) in [6, 6.07) is 4.54. The van der Waals surface area contributed by atoms with Gasteiger partial charge in [-0.3, -0.25) is 8.39 Å². The Morgan fingerprint density at radius 2 is 2.06 bits per heavy atom. The first kappa shape index (κ1) is 10.8. The summed E-state index contributed by atoms with van der Waals surface area (Å²) in [5.41, 5.74) is -0.517. The zero-order valence-corrected chi connectivity index (χ0v) is 9.36. The second-order valence-corrected chi connectivity index (χ2v) is 3.85. The van der Waals surface area contributed by atoms with Crippen LogP contribution in [0.15, 0.2) is 29.1 Å². The molecule has 0 fully saturated rings. The normalized spacial score (nSPS) is 10.6. The van der Waals surface area contributed by atoms with Crippen molar-refractivity contribution in [3.05, 3.63) is 46.0 Å². The average molecular weight is 286 g/mol. The lowest BCUT2D eigenvalue weighted by molar-refractivity contribution is 0.0690. The summed E-state index contributed by atoms with van der Waals surface area (Å²) in [7, 11) is 0. The molecule has 6 heteroatoms. The molecule has 0 saturated heterocycles. The van der Waals surface area contributed by atoms with E-state index >= 15 is 0 Å². The fourth-order valence-corrected chi connectivity index (χ4v) is 1.96. The molecule has 0 saturated carbocycles. The Labute approximate surface area is 97.3 Å². The van der Waals surface area contributed by atoms with Gasteiger partial charge in [0.2, 0.25) is 0 Å². The minimum Gasteiger partial charge on any atom is -0.477 e. The van der Waals surface area contributed by atoms with Gasteiger partial charge in [0, 0.05) is 11.5 Å². The van der Waals surface area contributed by atoms with Gasteiger partial charge < -0.3 is 5.11 Å². The molecule has 0 radical (unpaired) electrons. The molecule has 1 aromatic carbocycles. The van der Waals surface area contributed by atoms with Crippen molar-refractivity contribution in [1.82, 2.24) is 3.59 Å². The minimum atomic E-state index is -1.26. The monoisotopic (exact) mass is 285 g/mol. The van der Waals surface area contributed by atoms with E-state index in [2.05, 4.69) is 16.1 Å². The van der Waals surface area contributed by atoms with E-state index < -0.39 is 17.2 Å². The standard InChI is InChI=1S/C10H5BrFNO3/c11-13-7-3-5(12)1-2-6(7)9(14)4-8(13)10(15)16/h1-4H,(H,15,16). The SMILES string of the molecule is O=C(O)c1cc(=O)c2ccc(F)cc2n1Br. The average Bonchev–Trinajstić information content (AvgIpc) is 2.22. The van der Waals surface area contributed by atoms with Crippen molar-refractivity contribution in [2.24, 2.45) is 0 Å². The molecule has 0 aliphatic rings. The van der Waals surface area contributed by atoms with E-state index in [0.29, 0.717) is 0 Å². The van der Waals surface area contributed by atoms with E-state index in [4.69, 9.17) is 5.11 Å². The molecule has 2 aromatic rings. The number of hydrogen-bond acceptors (Lipinski definition) is 2. The van der Waals surface area contributed by atoms with E-state index in [0.717, 1.165) is 21.8 Å². The third-order valence-electron chi connectivity index (χ3n) is 2.14. The van der Waals surface area contributed by atoms with Crippen LogP contribution in [0.1, 0.15) is 10.5 Å². The molecule has 0 bridgehead atoms. The summed E-state index contributed by atoms with van der Waals surface area (Å²) in [6.07, 6.45) is 0. The van der Waals surface area contributed by atoms with Crippen LogP contribution in [-0.2, 0) is 0 Å². The first-order chi connectivity index (χ1) is 7.50. The minimum absolute atomic E-state index is 0.185. The van der Waals surface area contributed by atoms with Crippen molar-refractivity contribution in [3.8, 4) is 0 Å². The van der Waals surface area contributed by atoms with Gasteiger partial charge in [0.15, 0.2) is 5.43 Å². The van der Waals surface area contributed by atoms with Crippen LogP contribution >= 0.6 is 16.1 Å². The smallest absolute Gasteiger partial charge is 0.353 e. The van der Waals surface area contributed by atoms with Gasteiger partial charge in [-0.1, -0.05) is 0 Å². The Hall–Kier alpha value is -1.69. The van der Waals surface area contributed by atoms with Crippen LogP contribution in [0.2, 0.25) is 0 Å². The number of fused-ring (bicyclic) bond motifs is 1. The van der Waals surface area contributed by atoms with Crippen LogP contribution in [0, 0.1) is 5.82 Å². The summed E-state index contributed by atoms with van der Waals surface area (Å²) in [5, 5.41) is 9.09. The number of rotatable bonds is 1. The Morgan fingerprint density at radius 3 is 2.69 bits per heavy atom. The maximum atomic E-state index is 13.0. The zero-order valence-electron chi connectivity index (χ0n) is 7.78. The quantitative estimate of drug-likeness (QED) is 0.872. The molecule has 1 heterocycles. The number of pyridine rings is 1. The second-order valence-electron chi connectivity index (χ2n) is 3.14. The molecular weight excluding hydrogens is 281 g/mol. The molecule has 0 aliphatic heterocycles. The number of carboxylic acid groups (broad SMARTS) is 1. The predicted molar refractivity (Wildman–Crippen MR) is 59.5 cm³/mol. The molecule has 0 unspecified atom stereocenters. The predicted octanol–water partition coefficient (Wildman–Crippen LogP) is 2.00. The molecule has 0 spiro atoms. The van der Waals surface area contributed by atoms with Gasteiger partial charge >= 0.3 is 5.97 Å². The molecule has 1 N–H and O–H groups in total. The molecule has 0 amide bonds. The van der Waals surface area contributed by atoms with E-state index in [-0.39, 0.29) is 16.6 Å². The van der Waals surface area contributed by atoms with Crippen LogP contribution in [0.3, 0.4) is 0 Å². The molecule has 0 atom stereocenters. The Balaban J connectivity index is 2.97. The van der Waals surface area contributed by atoms with Crippen LogP contribution in [0.4, 0.5) is 4.39 Å². The summed E-state index contributed by atoms with van der Waals surface area (Å²) >= 11 is 2.98. The van der Waals surface area contributed by atoms with Crippen molar-refractivity contribution in [2.45, 2.75) is 0 Å². The van der Waals surface area contributed by atoms with Crippen LogP contribution < -0.4 is 5.43 Å². The summed E-state index contributed by atoms with van der Waals surface area (Å²) in [6.45, 7) is 0. The Kier molecular flexibility index (Phi) is 2.51. The van der Waals surface area contributed by atoms with Gasteiger partial charge in [0.25, 0.3) is 0 Å². The molecular formula is C10H5BrFNO3. The topological polar surface area (TPSA) is 59.3 Å². The second kappa shape index (κ2) is 3.71. The van der Waals surface area contributed by atoms with Crippen molar-refractivity contribution in [1.29, 1.82) is 0 Å². The van der Waals surface area contributed by atoms with Gasteiger partial charge in [0.05, 0.1) is 21.7 Å². The molecule has 2 rings (SSSR count). The van der Waals surface area contributed by atoms with Crippen LogP contribution in [0.5, 0.6) is 0 Å². The maximum Gasteiger partial charge on any atom is 0.353 e. The lowest BCUT2D eigenvalue weighted by atomic mass is 10.2. The highest BCUT2D eigenvalue weighted by molar-refractivity contribution is 9.08. The summed E-state index contributed by atoms with van der Waals surface area (Å²) in [5.74, 6) is -1.80. The number of aromatic carboxylic acids is 1. The van der Waals surface area contributed by atoms with Gasteiger partial charge in [0.1, 0.15) is 11.5 Å². The number of halogens is 2. The zero-order chi connectivity index (χ0) is 11.9. The van der Waals surface area contributed by atoms with Crippen LogP contribution in [-0.4, -0.2) is 14.7 Å². The van der Waals surface area contributed by atoms with Crippen molar-refractivity contribution >= 4 is 33.0 Å². The van der Waals surface area contributed by atoms with Gasteiger partial charge in [-0.2, -0.15) is 0 Å². The largest absolute Gasteiger partial charge is 0.477 e. The molecule has 16 heavy (non-hydrogen) atoms. The molecule has 4 nitrogen and oxygen atoms in total. The van der Waals surface area contributed by atoms with Gasteiger partial charge in [-0.05, 0) is 18.2 Å². The first-order valence-electron chi connectivity index (χ1n) is 4.25. The highest BCUT2D eigenvalue weighted by Gasteiger charge is 2.13. The Morgan fingerprint density at radius 1 is 1.38 bits per heavy atom. The molecule has 1 aromatic heterocycles. The number of carbonyl (C=O) groups is 1. The number of hydrogen-bond donors (Lipinski definition) is 1. The molecule has 82 valence electrons. The third-order valence-corrected chi connectivity index (χ3v) is 2.90. The number of aromatic nitrogens is 1. The number of benzene rings is 1. The summed E-state index contributed by atoms with van der Waals surface area (Å²) < 4.78 is 14.1. The number of nitrogens with zero attached hydrogens (tertiary/aromatic N) is 1. The third kappa shape index (κ3) is 1.61. The first-order valence-corrected chi connectivity index (χ1v) is 4.96. The van der Waals surface area contributed by atoms with E-state index in [1.54, 1.807) is 0 Å². The van der Waals surface area contributed by atoms with Crippen molar-refractivity contribution in [2.75, 3.05) is 0 Å². The van der Waals surface area contributed by atoms with E-state index in [1.807, 2.05) is 0 Å². The summed E-state index contributed by atoms with van der Waals surface area (Å²) in [4.78, 5) is 22.4. The van der Waals surface area contributed by atoms with E-state index in [1.165, 1.54) is 6.07 Å². The van der Waals surface area contributed by atoms with Crippen LogP contribution in [0.25, 0.3) is 10.9 Å². The fourth-order valence-electron chi connectivity index (χ4n) is 1.41. The van der Waals surface area contributed by atoms with E-state index in [9.17, 15) is 14.0 Å². The molecule has 0 aliphatic carbocycles. The van der Waals surface area contributed by atoms with Gasteiger partial charge in [-0.25, -0.2) is 9.18 Å².